The van der Waals surface area contributed by atoms with Crippen LogP contribution in [0.4, 0.5) is 0 Å². The van der Waals surface area contributed by atoms with Gasteiger partial charge in [-0.2, -0.15) is 5.10 Å². The second kappa shape index (κ2) is 6.14. The number of aryl methyl sites for hydroxylation is 3. The largest absolute Gasteiger partial charge is 0.347 e. The van der Waals surface area contributed by atoms with E-state index in [1.165, 1.54) is 22.0 Å². The summed E-state index contributed by atoms with van der Waals surface area (Å²) in [6.07, 6.45) is 7.22. The number of nitrogens with zero attached hydrogens (tertiary/aromatic N) is 3. The normalized spacial score (nSPS) is 11.3. The van der Waals surface area contributed by atoms with Crippen LogP contribution in [0.2, 0.25) is 0 Å². The number of hydrogen-bond donors (Lipinski definition) is 1. The minimum Gasteiger partial charge on any atom is -0.347 e. The van der Waals surface area contributed by atoms with Gasteiger partial charge in [0.2, 0.25) is 0 Å². The Kier molecular flexibility index (Phi) is 4.06. The van der Waals surface area contributed by atoms with Crippen LogP contribution in [0.25, 0.3) is 10.9 Å². The van der Waals surface area contributed by atoms with Gasteiger partial charge in [0.05, 0.1) is 6.20 Å². The van der Waals surface area contributed by atoms with Gasteiger partial charge in [-0.25, -0.2) is 0 Å². The first-order valence-electron chi connectivity index (χ1n) is 7.52. The van der Waals surface area contributed by atoms with Crippen molar-refractivity contribution < 1.29 is 0 Å². The first-order chi connectivity index (χ1) is 10.3. The van der Waals surface area contributed by atoms with Crippen molar-refractivity contribution in [3.8, 4) is 0 Å². The van der Waals surface area contributed by atoms with Crippen LogP contribution in [0.15, 0.2) is 42.9 Å². The summed E-state index contributed by atoms with van der Waals surface area (Å²) in [5.74, 6) is 0. The highest BCUT2D eigenvalue weighted by Gasteiger charge is 2.04. The van der Waals surface area contributed by atoms with Crippen LogP contribution in [0.1, 0.15) is 18.1 Å². The Bertz CT molecular complexity index is 723. The lowest BCUT2D eigenvalue weighted by Gasteiger charge is -2.07. The quantitative estimate of drug-likeness (QED) is 0.754. The monoisotopic (exact) mass is 282 g/mol. The van der Waals surface area contributed by atoms with Crippen molar-refractivity contribution in [3.63, 3.8) is 0 Å². The highest BCUT2D eigenvalue weighted by atomic mass is 15.2. The lowest BCUT2D eigenvalue weighted by atomic mass is 10.1. The van der Waals surface area contributed by atoms with Gasteiger partial charge in [-0.3, -0.25) is 4.68 Å². The van der Waals surface area contributed by atoms with E-state index in [4.69, 9.17) is 0 Å². The predicted octanol–water partition coefficient (Wildman–Crippen LogP) is 2.73. The van der Waals surface area contributed by atoms with Gasteiger partial charge < -0.3 is 9.88 Å². The van der Waals surface area contributed by atoms with Crippen LogP contribution in [-0.4, -0.2) is 20.9 Å². The van der Waals surface area contributed by atoms with Gasteiger partial charge in [-0.1, -0.05) is 19.1 Å². The number of fused-ring (bicyclic) bond motifs is 1. The molecule has 0 aliphatic carbocycles. The molecule has 21 heavy (non-hydrogen) atoms. The molecule has 0 unspecified atom stereocenters. The Labute approximate surface area is 125 Å². The molecular weight excluding hydrogens is 260 g/mol. The summed E-state index contributed by atoms with van der Waals surface area (Å²) in [7, 11) is 1.96. The average Bonchev–Trinajstić information content (AvgIpc) is 3.08. The minimum atomic E-state index is 0.931. The molecule has 0 aliphatic heterocycles. The highest BCUT2D eigenvalue weighted by Crippen LogP contribution is 2.18. The molecule has 0 fully saturated rings. The van der Waals surface area contributed by atoms with Gasteiger partial charge in [-0.15, -0.1) is 0 Å². The molecule has 0 radical (unpaired) electrons. The molecule has 2 aromatic heterocycles. The van der Waals surface area contributed by atoms with Crippen LogP contribution in [0.5, 0.6) is 0 Å². The number of rotatable bonds is 6. The number of nitrogens with one attached hydrogen (secondary N) is 1. The van der Waals surface area contributed by atoms with Gasteiger partial charge in [0.15, 0.2) is 0 Å². The molecule has 1 aromatic carbocycles. The van der Waals surface area contributed by atoms with Gasteiger partial charge in [0.25, 0.3) is 0 Å². The van der Waals surface area contributed by atoms with E-state index in [2.05, 4.69) is 58.6 Å². The van der Waals surface area contributed by atoms with E-state index in [0.717, 1.165) is 26.1 Å². The van der Waals surface area contributed by atoms with Crippen LogP contribution in [0, 0.1) is 0 Å². The molecule has 4 nitrogen and oxygen atoms in total. The molecule has 3 aromatic rings. The zero-order valence-electron chi connectivity index (χ0n) is 12.7. The third-order valence-electron chi connectivity index (χ3n) is 3.82. The molecule has 0 saturated carbocycles. The Morgan fingerprint density at radius 2 is 2.10 bits per heavy atom. The lowest BCUT2D eigenvalue weighted by molar-refractivity contribution is 0.715. The maximum absolute atomic E-state index is 4.23. The number of hydrogen-bond acceptors (Lipinski definition) is 2. The van der Waals surface area contributed by atoms with Gasteiger partial charge >= 0.3 is 0 Å². The smallest absolute Gasteiger partial charge is 0.0522 e. The number of benzene rings is 1. The molecule has 0 aliphatic rings. The van der Waals surface area contributed by atoms with Crippen LogP contribution >= 0.6 is 0 Å². The maximum atomic E-state index is 4.23. The molecule has 0 spiro atoms. The van der Waals surface area contributed by atoms with Crippen molar-refractivity contribution in [2.45, 2.75) is 26.4 Å². The van der Waals surface area contributed by atoms with Crippen molar-refractivity contribution >= 4 is 10.9 Å². The summed E-state index contributed by atoms with van der Waals surface area (Å²) < 4.78 is 4.19. The Morgan fingerprint density at radius 3 is 2.86 bits per heavy atom. The van der Waals surface area contributed by atoms with E-state index in [-0.39, 0.29) is 0 Å². The standard InChI is InChI=1S/C17H22N4/c1-3-18-11-14-4-5-16-7-9-21(17(16)10-14)8-6-15-12-19-20(2)13-15/h4-5,7,9-10,12-13,18H,3,6,8,11H2,1-2H3. The lowest BCUT2D eigenvalue weighted by Crippen LogP contribution is -2.11. The van der Waals surface area contributed by atoms with E-state index in [1.54, 1.807) is 0 Å². The third kappa shape index (κ3) is 3.16. The molecule has 0 atom stereocenters. The van der Waals surface area contributed by atoms with Crippen LogP contribution in [-0.2, 0) is 26.6 Å². The molecule has 0 saturated heterocycles. The van der Waals surface area contributed by atoms with Crippen LogP contribution < -0.4 is 5.32 Å². The van der Waals surface area contributed by atoms with Gasteiger partial charge in [0, 0.05) is 38.0 Å². The molecule has 0 bridgehead atoms. The zero-order valence-corrected chi connectivity index (χ0v) is 12.7. The van der Waals surface area contributed by atoms with E-state index in [0.29, 0.717) is 0 Å². The molecule has 1 N–H and O–H groups in total. The van der Waals surface area contributed by atoms with Crippen molar-refractivity contribution in [1.29, 1.82) is 0 Å². The summed E-state index contributed by atoms with van der Waals surface area (Å²) in [6.45, 7) is 5.05. The second-order valence-corrected chi connectivity index (χ2v) is 5.45. The summed E-state index contributed by atoms with van der Waals surface area (Å²) in [4.78, 5) is 0. The van der Waals surface area contributed by atoms with Crippen molar-refractivity contribution in [2.75, 3.05) is 6.54 Å². The van der Waals surface area contributed by atoms with Gasteiger partial charge in [-0.05, 0) is 41.6 Å². The fraction of sp³-hybridized carbons (Fsp3) is 0.353. The molecule has 3 rings (SSSR count). The first kappa shape index (κ1) is 13.9. The van der Waals surface area contributed by atoms with Crippen molar-refractivity contribution in [2.24, 2.45) is 7.05 Å². The van der Waals surface area contributed by atoms with Crippen molar-refractivity contribution in [3.05, 3.63) is 54.0 Å². The van der Waals surface area contributed by atoms with E-state index >= 15 is 0 Å². The Morgan fingerprint density at radius 1 is 1.19 bits per heavy atom. The van der Waals surface area contributed by atoms with E-state index < -0.39 is 0 Å². The zero-order chi connectivity index (χ0) is 14.7. The molecule has 110 valence electrons. The third-order valence-corrected chi connectivity index (χ3v) is 3.82. The number of aromatic nitrogens is 3. The molecule has 0 amide bonds. The fourth-order valence-corrected chi connectivity index (χ4v) is 2.65. The summed E-state index contributed by atoms with van der Waals surface area (Å²) in [5, 5.41) is 8.91. The van der Waals surface area contributed by atoms with E-state index in [1.807, 2.05) is 17.9 Å². The summed E-state index contributed by atoms with van der Waals surface area (Å²) in [6, 6.07) is 8.90. The maximum Gasteiger partial charge on any atom is 0.0522 e. The predicted molar refractivity (Wildman–Crippen MR) is 86.2 cm³/mol. The minimum absolute atomic E-state index is 0.931. The fourth-order valence-electron chi connectivity index (χ4n) is 2.65. The average molecular weight is 282 g/mol. The van der Waals surface area contributed by atoms with Gasteiger partial charge in [0.1, 0.15) is 0 Å². The first-order valence-corrected chi connectivity index (χ1v) is 7.52. The summed E-state index contributed by atoms with van der Waals surface area (Å²) >= 11 is 0. The topological polar surface area (TPSA) is 34.8 Å². The second-order valence-electron chi connectivity index (χ2n) is 5.45. The van der Waals surface area contributed by atoms with E-state index in [9.17, 15) is 0 Å². The van der Waals surface area contributed by atoms with Crippen LogP contribution in [0.3, 0.4) is 0 Å². The SMILES string of the molecule is CCNCc1ccc2ccn(CCc3cnn(C)c3)c2c1. The van der Waals surface area contributed by atoms with Crippen molar-refractivity contribution in [1.82, 2.24) is 19.7 Å². The summed E-state index contributed by atoms with van der Waals surface area (Å²) in [5.41, 5.74) is 3.93. The highest BCUT2D eigenvalue weighted by molar-refractivity contribution is 5.80. The Balaban J connectivity index is 1.77. The molecule has 2 heterocycles. The Hall–Kier alpha value is -2.07. The molecule has 4 heteroatoms. The molecular formula is C17H22N4.